The molecule has 6 nitrogen and oxygen atoms in total. The summed E-state index contributed by atoms with van der Waals surface area (Å²) in [4.78, 5) is 4.52. The predicted molar refractivity (Wildman–Crippen MR) is 409 cm³/mol. The van der Waals surface area contributed by atoms with Crippen molar-refractivity contribution in [2.75, 3.05) is 9.80 Å². The van der Waals surface area contributed by atoms with Crippen LogP contribution in [0, 0.1) is 0 Å². The molecule has 464 valence electrons. The first-order valence-electron chi connectivity index (χ1n) is 32.3. The third-order valence-electron chi connectivity index (χ3n) is 17.6. The van der Waals surface area contributed by atoms with E-state index in [1.165, 1.54) is 11.1 Å². The molecule has 0 amide bonds. The molecule has 0 bridgehead atoms. The zero-order chi connectivity index (χ0) is 65.0. The summed E-state index contributed by atoms with van der Waals surface area (Å²) in [7, 11) is 0. The van der Waals surface area contributed by atoms with Crippen molar-refractivity contribution < 1.29 is 17.7 Å². The molecule has 0 radical (unpaired) electrons. The van der Waals surface area contributed by atoms with E-state index in [1.54, 1.807) is 0 Å². The Morgan fingerprint density at radius 2 is 0.412 bits per heavy atom. The van der Waals surface area contributed by atoms with Crippen LogP contribution in [0.25, 0.3) is 111 Å². The van der Waals surface area contributed by atoms with Crippen molar-refractivity contribution in [2.45, 2.75) is 6.42 Å². The van der Waals surface area contributed by atoms with E-state index in [0.717, 1.165) is 160 Å². The number of benzene rings is 14. The van der Waals surface area contributed by atoms with Gasteiger partial charge in [-0.15, -0.1) is 0 Å². The summed E-state index contributed by atoms with van der Waals surface area (Å²) < 4.78 is 28.3. The fourth-order valence-corrected chi connectivity index (χ4v) is 13.5. The van der Waals surface area contributed by atoms with Gasteiger partial charge in [0.25, 0.3) is 0 Å². The van der Waals surface area contributed by atoms with Crippen molar-refractivity contribution in [3.8, 4) is 45.3 Å². The van der Waals surface area contributed by atoms with Crippen molar-refractivity contribution in [1.29, 1.82) is 0 Å². The van der Waals surface area contributed by atoms with Gasteiger partial charge in [0.15, 0.2) is 22.3 Å². The summed E-state index contributed by atoms with van der Waals surface area (Å²) >= 11 is 7.00. The lowest BCUT2D eigenvalue weighted by Gasteiger charge is -2.25. The first kappa shape index (κ1) is 60.3. The monoisotopic (exact) mass is 1380 g/mol. The Hall–Kier alpha value is -11.7. The minimum atomic E-state index is 0.750. The van der Waals surface area contributed by atoms with Crippen LogP contribution in [0.2, 0.25) is 0 Å². The van der Waals surface area contributed by atoms with E-state index in [2.05, 4.69) is 345 Å². The topological polar surface area (TPSA) is 59.0 Å². The molecule has 0 fully saturated rings. The number of para-hydroxylation sites is 4. The van der Waals surface area contributed by atoms with E-state index >= 15 is 0 Å². The minimum Gasteiger partial charge on any atom is -0.452 e. The molecule has 14 aromatic carbocycles. The Labute approximate surface area is 578 Å². The lowest BCUT2D eigenvalue weighted by atomic mass is 10.0. The summed E-state index contributed by atoms with van der Waals surface area (Å²) in [6, 6.07) is 122. The predicted octanol–water partition coefficient (Wildman–Crippen LogP) is 27.1. The van der Waals surface area contributed by atoms with E-state index < -0.39 is 0 Å². The van der Waals surface area contributed by atoms with Crippen LogP contribution in [-0.2, 0) is 6.42 Å². The molecule has 8 heteroatoms. The molecule has 18 rings (SSSR count). The number of hydrogen-bond donors (Lipinski definition) is 0. The molecule has 4 aromatic heterocycles. The second-order valence-electron chi connectivity index (χ2n) is 23.8. The van der Waals surface area contributed by atoms with Crippen LogP contribution in [-0.4, -0.2) is 0 Å². The average molecular weight is 1380 g/mol. The Balaban J connectivity index is 0.000000142. The smallest absolute Gasteiger partial charge is 0.178 e. The highest BCUT2D eigenvalue weighted by atomic mass is 79.9. The van der Waals surface area contributed by atoms with Gasteiger partial charge in [-0.1, -0.05) is 238 Å². The lowest BCUT2D eigenvalue weighted by Crippen LogP contribution is -2.09. The second-order valence-corrected chi connectivity index (χ2v) is 25.6. The van der Waals surface area contributed by atoms with E-state index in [-0.39, 0.29) is 0 Å². The zero-order valence-electron chi connectivity index (χ0n) is 52.5. The number of fused-ring (bicyclic) bond motifs is 12. The Morgan fingerprint density at radius 3 is 0.660 bits per heavy atom. The van der Waals surface area contributed by atoms with Crippen molar-refractivity contribution in [1.82, 2.24) is 0 Å². The molecule has 0 unspecified atom stereocenters. The lowest BCUT2D eigenvalue weighted by molar-refractivity contribution is 0.598. The van der Waals surface area contributed by atoms with Crippen molar-refractivity contribution in [3.63, 3.8) is 0 Å². The zero-order valence-corrected chi connectivity index (χ0v) is 55.6. The molecule has 0 N–H and O–H groups in total. The van der Waals surface area contributed by atoms with Gasteiger partial charge in [-0.2, -0.15) is 0 Å². The fraction of sp³-hybridized carbons (Fsp3) is 0.0112. The van der Waals surface area contributed by atoms with E-state index in [1.807, 2.05) is 48.5 Å². The Bertz CT molecular complexity index is 5270. The van der Waals surface area contributed by atoms with Crippen LogP contribution >= 0.6 is 31.9 Å². The SMILES string of the molecule is Brc1ccc(-c2cc3c4ccccc4c4cc(-c5ccc(Br)cc5)oc4c3o2)cc1.c1ccc(Cc2ccccc2)cc1.c1ccc(N(c2ccccc2)c2ccc(-c3cc4c5ccccc5c5cc(-c6ccc(N(c7ccccc7)c7ccccc7)cc6)oc5c4o3)cc2)cc1. The number of nitrogens with zero attached hydrogens (tertiary/aromatic N) is 2. The van der Waals surface area contributed by atoms with Crippen LogP contribution in [0.1, 0.15) is 11.1 Å². The van der Waals surface area contributed by atoms with Gasteiger partial charge in [0, 0.05) is 86.9 Å². The minimum absolute atomic E-state index is 0.750. The van der Waals surface area contributed by atoms with Gasteiger partial charge in [-0.05, 0) is 185 Å². The van der Waals surface area contributed by atoms with Gasteiger partial charge in [0.2, 0.25) is 0 Å². The van der Waals surface area contributed by atoms with Crippen LogP contribution in [0.3, 0.4) is 0 Å². The standard InChI is InChI=1S/C50H34N2O2.C26H14Br2O2.C13H12/c1-5-15-37(16-6-1)51(38-17-7-2-8-18-38)41-29-25-35(26-30-41)47-33-45-43-23-13-14-24-44(43)46-34-48(54-50(46)49(45)53-47)36-27-31-42(32-28-36)52(39-19-9-3-10-20-39)40-21-11-4-12-22-40;27-17-9-5-15(6-10-17)23-13-21-19-3-1-2-4-20(19)22-14-24(30-26(22)25(21)29-23)16-7-11-18(28)12-8-16;1-3-7-12(8-4-1)11-13-9-5-2-6-10-13/h1-34H;1-14H;1-10H,11H2. The molecule has 0 aliphatic heterocycles. The average Bonchev–Trinajstić information content (AvgIpc) is 1.61. The van der Waals surface area contributed by atoms with Gasteiger partial charge in [-0.25, -0.2) is 0 Å². The highest BCUT2D eigenvalue weighted by Gasteiger charge is 2.23. The molecule has 0 aliphatic carbocycles. The van der Waals surface area contributed by atoms with Crippen LogP contribution in [0.15, 0.2) is 378 Å². The highest BCUT2D eigenvalue weighted by Crippen LogP contribution is 2.46. The maximum Gasteiger partial charge on any atom is 0.178 e. The van der Waals surface area contributed by atoms with Crippen molar-refractivity contribution >= 4 is 131 Å². The van der Waals surface area contributed by atoms with Crippen LogP contribution in [0.4, 0.5) is 34.1 Å². The summed E-state index contributed by atoms with van der Waals surface area (Å²) in [5.41, 5.74) is 16.4. The summed E-state index contributed by atoms with van der Waals surface area (Å²) in [5, 5.41) is 8.78. The molecule has 4 heterocycles. The molecule has 0 aliphatic rings. The fourth-order valence-electron chi connectivity index (χ4n) is 12.9. The molecular formula is C89H60Br2N2O4. The number of anilines is 6. The van der Waals surface area contributed by atoms with Crippen LogP contribution < -0.4 is 9.80 Å². The quantitative estimate of drug-likeness (QED) is 0.121. The van der Waals surface area contributed by atoms with Gasteiger partial charge in [0.05, 0.1) is 0 Å². The number of rotatable bonds is 12. The molecule has 18 aromatic rings. The van der Waals surface area contributed by atoms with Crippen molar-refractivity contribution in [3.05, 3.63) is 372 Å². The second kappa shape index (κ2) is 27.0. The summed E-state index contributed by atoms with van der Waals surface area (Å²) in [6.07, 6.45) is 1.03. The maximum atomic E-state index is 6.73. The van der Waals surface area contributed by atoms with Gasteiger partial charge < -0.3 is 27.5 Å². The molecule has 0 saturated carbocycles. The Kier molecular flexibility index (Phi) is 16.8. The van der Waals surface area contributed by atoms with Crippen LogP contribution in [0.5, 0.6) is 0 Å². The molecule has 97 heavy (non-hydrogen) atoms. The first-order chi connectivity index (χ1) is 47.9. The first-order valence-corrected chi connectivity index (χ1v) is 33.9. The highest BCUT2D eigenvalue weighted by molar-refractivity contribution is 9.10. The molecule has 0 atom stereocenters. The largest absolute Gasteiger partial charge is 0.452 e. The maximum absolute atomic E-state index is 6.73. The third-order valence-corrected chi connectivity index (χ3v) is 18.6. The summed E-state index contributed by atoms with van der Waals surface area (Å²) in [5.74, 6) is 3.25. The van der Waals surface area contributed by atoms with Gasteiger partial charge >= 0.3 is 0 Å². The third kappa shape index (κ3) is 12.4. The van der Waals surface area contributed by atoms with E-state index in [0.29, 0.717) is 0 Å². The van der Waals surface area contributed by atoms with Gasteiger partial charge in [-0.3, -0.25) is 0 Å². The summed E-state index contributed by atoms with van der Waals surface area (Å²) in [6.45, 7) is 0. The Morgan fingerprint density at radius 1 is 0.206 bits per heavy atom. The van der Waals surface area contributed by atoms with Gasteiger partial charge in [0.1, 0.15) is 23.0 Å². The van der Waals surface area contributed by atoms with E-state index in [4.69, 9.17) is 17.7 Å². The molecule has 0 saturated heterocycles. The molecule has 0 spiro atoms. The van der Waals surface area contributed by atoms with Crippen molar-refractivity contribution in [2.24, 2.45) is 0 Å². The molecular weight excluding hydrogens is 1320 g/mol. The normalized spacial score (nSPS) is 11.2. The number of halogens is 2. The number of hydrogen-bond acceptors (Lipinski definition) is 6. The van der Waals surface area contributed by atoms with E-state index in [9.17, 15) is 0 Å². The number of furan rings is 4.